The Morgan fingerprint density at radius 2 is 2.12 bits per heavy atom. The maximum absolute atomic E-state index is 11.5. The molecule has 0 aliphatic carbocycles. The first-order chi connectivity index (χ1) is 8.09. The molecule has 0 saturated carbocycles. The number of aliphatic carboxylic acids is 1. The number of benzene rings is 1. The molecule has 5 heteroatoms. The van der Waals surface area contributed by atoms with Gasteiger partial charge in [-0.05, 0) is 12.1 Å². The van der Waals surface area contributed by atoms with E-state index in [1.165, 1.54) is 0 Å². The van der Waals surface area contributed by atoms with E-state index in [1.54, 1.807) is 18.2 Å². The van der Waals surface area contributed by atoms with Crippen LogP contribution in [0.15, 0.2) is 18.2 Å². The normalized spacial score (nSPS) is 12.5. The molecule has 0 bridgehead atoms. The molecule has 0 saturated heterocycles. The van der Waals surface area contributed by atoms with Crippen LogP contribution >= 0.6 is 0 Å². The molecule has 1 aliphatic heterocycles. The van der Waals surface area contributed by atoms with Gasteiger partial charge in [0.15, 0.2) is 0 Å². The Morgan fingerprint density at radius 1 is 1.35 bits per heavy atom. The Kier molecular flexibility index (Phi) is 2.63. The van der Waals surface area contributed by atoms with Crippen LogP contribution in [0.2, 0.25) is 0 Å². The highest BCUT2D eigenvalue weighted by molar-refractivity contribution is 6.52. The lowest BCUT2D eigenvalue weighted by Gasteiger charge is -1.98. The smallest absolute Gasteiger partial charge is 0.315 e. The molecule has 1 aromatic carbocycles. The van der Waals surface area contributed by atoms with Crippen molar-refractivity contribution in [3.8, 4) is 11.8 Å². The highest BCUT2D eigenvalue weighted by Gasteiger charge is 2.29. The molecule has 1 aromatic rings. The number of ketones is 1. The van der Waals surface area contributed by atoms with Gasteiger partial charge in [0.05, 0.1) is 11.3 Å². The maximum atomic E-state index is 11.5. The number of Topliss-reactive ketones (excluding diaryl/α,β-unsaturated/α-hetero) is 1. The van der Waals surface area contributed by atoms with Crippen LogP contribution in [0.25, 0.3) is 0 Å². The number of fused-ring (bicyclic) bond motifs is 1. The van der Waals surface area contributed by atoms with Crippen molar-refractivity contribution in [2.45, 2.75) is 6.42 Å². The van der Waals surface area contributed by atoms with E-state index in [0.717, 1.165) is 0 Å². The first-order valence-electron chi connectivity index (χ1n) is 4.79. The van der Waals surface area contributed by atoms with E-state index in [0.29, 0.717) is 11.3 Å². The summed E-state index contributed by atoms with van der Waals surface area (Å²) in [6.45, 7) is 0. The van der Waals surface area contributed by atoms with Crippen LogP contribution in [0.5, 0.6) is 0 Å². The SMILES string of the molecule is O=C(O)CC#Cc1cccc2c1C(=O)C(=O)N2. The van der Waals surface area contributed by atoms with E-state index >= 15 is 0 Å². The third-order valence-electron chi connectivity index (χ3n) is 2.21. The molecule has 17 heavy (non-hydrogen) atoms. The lowest BCUT2D eigenvalue weighted by Crippen LogP contribution is -2.12. The van der Waals surface area contributed by atoms with E-state index in [-0.39, 0.29) is 12.0 Å². The van der Waals surface area contributed by atoms with Crippen LogP contribution in [0, 0.1) is 11.8 Å². The second-order valence-electron chi connectivity index (χ2n) is 3.38. The summed E-state index contributed by atoms with van der Waals surface area (Å²) in [5.41, 5.74) is 1.00. The first kappa shape index (κ1) is 10.9. The molecule has 84 valence electrons. The molecule has 2 N–H and O–H groups in total. The summed E-state index contributed by atoms with van der Waals surface area (Å²) in [6, 6.07) is 4.81. The average Bonchev–Trinajstić information content (AvgIpc) is 2.55. The van der Waals surface area contributed by atoms with Crippen molar-refractivity contribution in [2.75, 3.05) is 5.32 Å². The number of carboxylic acids is 1. The van der Waals surface area contributed by atoms with Crippen LogP contribution in [0.4, 0.5) is 5.69 Å². The third-order valence-corrected chi connectivity index (χ3v) is 2.21. The lowest BCUT2D eigenvalue weighted by atomic mass is 10.0. The van der Waals surface area contributed by atoms with Crippen LogP contribution in [0.1, 0.15) is 22.3 Å². The number of nitrogens with one attached hydrogen (secondary N) is 1. The molecule has 0 unspecified atom stereocenters. The highest BCUT2D eigenvalue weighted by atomic mass is 16.4. The predicted molar refractivity (Wildman–Crippen MR) is 58.5 cm³/mol. The fourth-order valence-corrected chi connectivity index (χ4v) is 1.51. The molecule has 1 amide bonds. The van der Waals surface area contributed by atoms with Crippen molar-refractivity contribution in [3.63, 3.8) is 0 Å². The Balaban J connectivity index is 2.40. The number of anilines is 1. The molecule has 1 aliphatic rings. The van der Waals surface area contributed by atoms with Crippen molar-refractivity contribution in [2.24, 2.45) is 0 Å². The molecule has 0 fully saturated rings. The van der Waals surface area contributed by atoms with Crippen molar-refractivity contribution < 1.29 is 19.5 Å². The van der Waals surface area contributed by atoms with Gasteiger partial charge in [-0.25, -0.2) is 0 Å². The summed E-state index contributed by atoms with van der Waals surface area (Å²) in [5, 5.41) is 10.9. The van der Waals surface area contributed by atoms with Gasteiger partial charge in [-0.2, -0.15) is 0 Å². The second kappa shape index (κ2) is 4.10. The zero-order valence-electron chi connectivity index (χ0n) is 8.61. The maximum Gasteiger partial charge on any atom is 0.315 e. The number of carboxylic acid groups (broad SMARTS) is 1. The quantitative estimate of drug-likeness (QED) is 0.547. The first-order valence-corrected chi connectivity index (χ1v) is 4.79. The van der Waals surface area contributed by atoms with Gasteiger partial charge in [0, 0.05) is 5.56 Å². The van der Waals surface area contributed by atoms with Gasteiger partial charge in [0.25, 0.3) is 11.7 Å². The summed E-state index contributed by atoms with van der Waals surface area (Å²) < 4.78 is 0. The number of hydrogen-bond acceptors (Lipinski definition) is 3. The minimum atomic E-state index is -1.04. The number of hydrogen-bond donors (Lipinski definition) is 2. The van der Waals surface area contributed by atoms with Crippen molar-refractivity contribution in [3.05, 3.63) is 29.3 Å². The minimum Gasteiger partial charge on any atom is -0.481 e. The predicted octanol–water partition coefficient (Wildman–Crippen LogP) is 0.648. The Morgan fingerprint density at radius 3 is 2.82 bits per heavy atom. The number of carbonyl (C=O) groups is 3. The molecule has 5 nitrogen and oxygen atoms in total. The van der Waals surface area contributed by atoms with Gasteiger partial charge in [-0.1, -0.05) is 17.9 Å². The second-order valence-corrected chi connectivity index (χ2v) is 3.38. The molecule has 0 radical (unpaired) electrons. The van der Waals surface area contributed by atoms with Gasteiger partial charge in [0.2, 0.25) is 0 Å². The minimum absolute atomic E-state index is 0.218. The standard InChI is InChI=1S/C12H7NO4/c14-9(15)6-2-4-7-3-1-5-8-10(7)11(16)12(17)13-8/h1,3,5H,6H2,(H,14,15)(H,13,16,17). The third kappa shape index (κ3) is 2.01. The fourth-order valence-electron chi connectivity index (χ4n) is 1.51. The summed E-state index contributed by atoms with van der Waals surface area (Å²) in [5.74, 6) is 2.65. The Bertz CT molecular complexity index is 592. The zero-order chi connectivity index (χ0) is 12.4. The van der Waals surface area contributed by atoms with Gasteiger partial charge >= 0.3 is 5.97 Å². The molecule has 0 spiro atoms. The summed E-state index contributed by atoms with van der Waals surface area (Å²) in [6.07, 6.45) is -0.306. The molecule has 0 atom stereocenters. The van der Waals surface area contributed by atoms with Crippen LogP contribution < -0.4 is 5.32 Å². The van der Waals surface area contributed by atoms with Gasteiger partial charge in [-0.15, -0.1) is 0 Å². The zero-order valence-corrected chi connectivity index (χ0v) is 8.61. The summed E-state index contributed by atoms with van der Waals surface area (Å²) >= 11 is 0. The lowest BCUT2D eigenvalue weighted by molar-refractivity contribution is -0.135. The summed E-state index contributed by atoms with van der Waals surface area (Å²) in [4.78, 5) is 33.0. The van der Waals surface area contributed by atoms with Crippen LogP contribution in [0.3, 0.4) is 0 Å². The Hall–Kier alpha value is -2.61. The number of rotatable bonds is 1. The highest BCUT2D eigenvalue weighted by Crippen LogP contribution is 2.25. The molecular weight excluding hydrogens is 222 g/mol. The van der Waals surface area contributed by atoms with Crippen molar-refractivity contribution in [1.82, 2.24) is 0 Å². The monoisotopic (exact) mass is 229 g/mol. The Labute approximate surface area is 96.4 Å². The van der Waals surface area contributed by atoms with Gasteiger partial charge < -0.3 is 10.4 Å². The van der Waals surface area contributed by atoms with Crippen molar-refractivity contribution >= 4 is 23.3 Å². The van der Waals surface area contributed by atoms with E-state index in [9.17, 15) is 14.4 Å². The molecule has 1 heterocycles. The number of carbonyl (C=O) groups excluding carboxylic acids is 2. The topological polar surface area (TPSA) is 83.5 Å². The molecule has 2 rings (SSSR count). The van der Waals surface area contributed by atoms with Crippen molar-refractivity contribution in [1.29, 1.82) is 0 Å². The van der Waals surface area contributed by atoms with Crippen LogP contribution in [-0.4, -0.2) is 22.8 Å². The van der Waals surface area contributed by atoms with Crippen LogP contribution in [-0.2, 0) is 9.59 Å². The van der Waals surface area contributed by atoms with Gasteiger partial charge in [0.1, 0.15) is 6.42 Å². The van der Waals surface area contributed by atoms with Gasteiger partial charge in [-0.3, -0.25) is 14.4 Å². The van der Waals surface area contributed by atoms with E-state index in [4.69, 9.17) is 5.11 Å². The van der Waals surface area contributed by atoms with E-state index < -0.39 is 17.7 Å². The van der Waals surface area contributed by atoms with E-state index in [2.05, 4.69) is 17.2 Å². The average molecular weight is 229 g/mol. The fraction of sp³-hybridized carbons (Fsp3) is 0.0833. The summed E-state index contributed by atoms with van der Waals surface area (Å²) in [7, 11) is 0. The van der Waals surface area contributed by atoms with E-state index in [1.807, 2.05) is 0 Å². The number of amides is 1. The molecule has 0 aromatic heterocycles. The molecular formula is C12H7NO4. The largest absolute Gasteiger partial charge is 0.481 e.